The number of carbonyl (C=O) groups excluding carboxylic acids is 2. The number of amides is 2. The normalized spacial score (nSPS) is 24.4. The summed E-state index contributed by atoms with van der Waals surface area (Å²) in [5.41, 5.74) is 1.37. The first-order valence-corrected chi connectivity index (χ1v) is 7.59. The van der Waals surface area contributed by atoms with Crippen LogP contribution in [0.2, 0.25) is 0 Å². The Kier molecular flexibility index (Phi) is 3.85. The van der Waals surface area contributed by atoms with E-state index in [1.54, 1.807) is 41.0 Å². The minimum atomic E-state index is -0.483. The molecule has 2 amide bonds. The molecule has 3 unspecified atom stereocenters. The van der Waals surface area contributed by atoms with Crippen LogP contribution in [0.3, 0.4) is 0 Å². The second-order valence-electron chi connectivity index (χ2n) is 5.82. The molecule has 23 heavy (non-hydrogen) atoms. The van der Waals surface area contributed by atoms with Crippen molar-refractivity contribution in [3.63, 3.8) is 0 Å². The van der Waals surface area contributed by atoms with Crippen molar-refractivity contribution in [2.45, 2.75) is 38.9 Å². The summed E-state index contributed by atoms with van der Waals surface area (Å²) in [6.07, 6.45) is 3.33. The third kappa shape index (κ3) is 2.69. The molecule has 2 aromatic rings. The van der Waals surface area contributed by atoms with Gasteiger partial charge in [-0.3, -0.25) is 9.59 Å². The number of nitrogens with zero attached hydrogens (tertiary/aromatic N) is 4. The molecular weight excluding hydrogens is 294 g/mol. The van der Waals surface area contributed by atoms with E-state index in [4.69, 9.17) is 0 Å². The molecule has 7 heteroatoms. The smallest absolute Gasteiger partial charge is 0.254 e. The van der Waals surface area contributed by atoms with Gasteiger partial charge >= 0.3 is 0 Å². The molecule has 3 atom stereocenters. The molecular formula is C16H19N5O2. The van der Waals surface area contributed by atoms with Crippen LogP contribution in [-0.2, 0) is 4.79 Å². The standard InChI is InChI=1S/C16H19N5O2/c1-10-11(2)21(12(3)15(22)18-10)16(23)13-4-6-14(7-5-13)20-9-8-17-19-20/h4-12H,1-3H3,(H,18,22). The minimum Gasteiger partial charge on any atom is -0.350 e. The van der Waals surface area contributed by atoms with E-state index in [0.29, 0.717) is 5.56 Å². The summed E-state index contributed by atoms with van der Waals surface area (Å²) in [7, 11) is 0. The maximum Gasteiger partial charge on any atom is 0.254 e. The Balaban J connectivity index is 1.86. The van der Waals surface area contributed by atoms with E-state index >= 15 is 0 Å². The summed E-state index contributed by atoms with van der Waals surface area (Å²) in [5, 5.41) is 10.6. The maximum absolute atomic E-state index is 12.8. The fourth-order valence-electron chi connectivity index (χ4n) is 2.80. The van der Waals surface area contributed by atoms with Crippen molar-refractivity contribution >= 4 is 11.8 Å². The molecule has 0 radical (unpaired) electrons. The summed E-state index contributed by atoms with van der Waals surface area (Å²) < 4.78 is 1.62. The zero-order valence-electron chi connectivity index (χ0n) is 13.3. The predicted octanol–water partition coefficient (Wildman–Crippen LogP) is 1.00. The maximum atomic E-state index is 12.8. The molecule has 1 aromatic carbocycles. The highest BCUT2D eigenvalue weighted by atomic mass is 16.2. The van der Waals surface area contributed by atoms with E-state index in [9.17, 15) is 9.59 Å². The molecule has 0 spiro atoms. The van der Waals surface area contributed by atoms with Crippen LogP contribution in [0.25, 0.3) is 5.69 Å². The second-order valence-corrected chi connectivity index (χ2v) is 5.82. The summed E-state index contributed by atoms with van der Waals surface area (Å²) in [4.78, 5) is 26.4. The zero-order valence-corrected chi connectivity index (χ0v) is 13.3. The van der Waals surface area contributed by atoms with Crippen molar-refractivity contribution in [2.75, 3.05) is 0 Å². The Morgan fingerprint density at radius 1 is 1.17 bits per heavy atom. The average Bonchev–Trinajstić information content (AvgIpc) is 3.08. The molecule has 7 nitrogen and oxygen atoms in total. The summed E-state index contributed by atoms with van der Waals surface area (Å²) in [6, 6.07) is 6.49. The predicted molar refractivity (Wildman–Crippen MR) is 84.1 cm³/mol. The van der Waals surface area contributed by atoms with Gasteiger partial charge in [-0.15, -0.1) is 5.10 Å². The Morgan fingerprint density at radius 2 is 1.87 bits per heavy atom. The molecule has 3 rings (SSSR count). The molecule has 2 heterocycles. The van der Waals surface area contributed by atoms with E-state index in [2.05, 4.69) is 15.6 Å². The molecule has 1 aliphatic rings. The Labute approximate surface area is 134 Å². The fourth-order valence-corrected chi connectivity index (χ4v) is 2.80. The van der Waals surface area contributed by atoms with Crippen molar-refractivity contribution < 1.29 is 9.59 Å². The molecule has 1 saturated heterocycles. The van der Waals surface area contributed by atoms with Crippen molar-refractivity contribution in [3.8, 4) is 5.69 Å². The van der Waals surface area contributed by atoms with E-state index in [1.807, 2.05) is 26.0 Å². The molecule has 1 fully saturated rings. The van der Waals surface area contributed by atoms with Crippen LogP contribution >= 0.6 is 0 Å². The SMILES string of the molecule is CC1NC(=O)C(C)N(C(=O)c2ccc(-n3ccnn3)cc2)C1C. The molecule has 1 aliphatic heterocycles. The van der Waals surface area contributed by atoms with Crippen molar-refractivity contribution in [1.29, 1.82) is 0 Å². The van der Waals surface area contributed by atoms with E-state index in [0.717, 1.165) is 5.69 Å². The zero-order chi connectivity index (χ0) is 16.6. The van der Waals surface area contributed by atoms with Crippen molar-refractivity contribution in [2.24, 2.45) is 0 Å². The van der Waals surface area contributed by atoms with Gasteiger partial charge in [-0.25, -0.2) is 4.68 Å². The number of hydrogen-bond donors (Lipinski definition) is 1. The van der Waals surface area contributed by atoms with Gasteiger partial charge in [0.15, 0.2) is 0 Å². The second kappa shape index (κ2) is 5.83. The summed E-state index contributed by atoms with van der Waals surface area (Å²) in [5.74, 6) is -0.264. The fraction of sp³-hybridized carbons (Fsp3) is 0.375. The van der Waals surface area contributed by atoms with Crippen molar-refractivity contribution in [3.05, 3.63) is 42.2 Å². The lowest BCUT2D eigenvalue weighted by atomic mass is 10.0. The van der Waals surface area contributed by atoms with Crippen LogP contribution in [0, 0.1) is 0 Å². The quantitative estimate of drug-likeness (QED) is 0.897. The first kappa shape index (κ1) is 15.2. The highest BCUT2D eigenvalue weighted by Crippen LogP contribution is 2.20. The van der Waals surface area contributed by atoms with Gasteiger partial charge in [0, 0.05) is 17.6 Å². The number of nitrogens with one attached hydrogen (secondary N) is 1. The first-order chi connectivity index (χ1) is 11.0. The van der Waals surface area contributed by atoms with Crippen LogP contribution in [0.4, 0.5) is 0 Å². The highest BCUT2D eigenvalue weighted by Gasteiger charge is 2.38. The van der Waals surface area contributed by atoms with Gasteiger partial charge in [0.05, 0.1) is 18.1 Å². The van der Waals surface area contributed by atoms with Crippen LogP contribution < -0.4 is 5.32 Å². The summed E-state index contributed by atoms with van der Waals surface area (Å²) in [6.45, 7) is 5.60. The van der Waals surface area contributed by atoms with Gasteiger partial charge < -0.3 is 10.2 Å². The lowest BCUT2D eigenvalue weighted by Gasteiger charge is -2.42. The van der Waals surface area contributed by atoms with Gasteiger partial charge in [0.25, 0.3) is 5.91 Å². The topological polar surface area (TPSA) is 80.1 Å². The number of carbonyl (C=O) groups is 2. The molecule has 0 saturated carbocycles. The lowest BCUT2D eigenvalue weighted by molar-refractivity contribution is -0.130. The number of aromatic nitrogens is 3. The lowest BCUT2D eigenvalue weighted by Crippen LogP contribution is -2.64. The molecule has 1 N–H and O–H groups in total. The van der Waals surface area contributed by atoms with Gasteiger partial charge in [0.2, 0.25) is 5.91 Å². The third-order valence-electron chi connectivity index (χ3n) is 4.36. The largest absolute Gasteiger partial charge is 0.350 e. The number of hydrogen-bond acceptors (Lipinski definition) is 4. The number of rotatable bonds is 2. The molecule has 0 bridgehead atoms. The number of piperazine rings is 1. The van der Waals surface area contributed by atoms with Gasteiger partial charge in [-0.05, 0) is 45.0 Å². The monoisotopic (exact) mass is 313 g/mol. The van der Waals surface area contributed by atoms with E-state index < -0.39 is 6.04 Å². The van der Waals surface area contributed by atoms with Crippen LogP contribution in [0.15, 0.2) is 36.7 Å². The van der Waals surface area contributed by atoms with Crippen LogP contribution in [-0.4, -0.2) is 49.8 Å². The average molecular weight is 313 g/mol. The van der Waals surface area contributed by atoms with Crippen molar-refractivity contribution in [1.82, 2.24) is 25.2 Å². The first-order valence-electron chi connectivity index (χ1n) is 7.59. The minimum absolute atomic E-state index is 0.0646. The van der Waals surface area contributed by atoms with Gasteiger partial charge in [0.1, 0.15) is 6.04 Å². The van der Waals surface area contributed by atoms with E-state index in [-0.39, 0.29) is 23.9 Å². The van der Waals surface area contributed by atoms with Crippen LogP contribution in [0.1, 0.15) is 31.1 Å². The Bertz CT molecular complexity index is 711. The van der Waals surface area contributed by atoms with E-state index in [1.165, 1.54) is 0 Å². The molecule has 0 aliphatic carbocycles. The Hall–Kier alpha value is -2.70. The molecule has 1 aromatic heterocycles. The summed E-state index contributed by atoms with van der Waals surface area (Å²) >= 11 is 0. The highest BCUT2D eigenvalue weighted by molar-refractivity contribution is 5.98. The number of benzene rings is 1. The third-order valence-corrected chi connectivity index (χ3v) is 4.36. The molecule has 120 valence electrons. The van der Waals surface area contributed by atoms with Crippen LogP contribution in [0.5, 0.6) is 0 Å². The van der Waals surface area contributed by atoms with Gasteiger partial charge in [-0.2, -0.15) is 0 Å². The Morgan fingerprint density at radius 3 is 2.48 bits per heavy atom. The van der Waals surface area contributed by atoms with Gasteiger partial charge in [-0.1, -0.05) is 5.21 Å².